The van der Waals surface area contributed by atoms with Gasteiger partial charge in [0.2, 0.25) is 0 Å². The van der Waals surface area contributed by atoms with Crippen LogP contribution in [0.2, 0.25) is 0 Å². The van der Waals surface area contributed by atoms with Crippen LogP contribution in [0.5, 0.6) is 0 Å². The molecule has 0 aromatic carbocycles. The van der Waals surface area contributed by atoms with Crippen molar-refractivity contribution in [1.82, 2.24) is 9.88 Å². The summed E-state index contributed by atoms with van der Waals surface area (Å²) in [7, 11) is 0. The molecule has 0 amide bonds. The fourth-order valence-corrected chi connectivity index (χ4v) is 1.60. The van der Waals surface area contributed by atoms with E-state index in [0.717, 1.165) is 26.1 Å². The van der Waals surface area contributed by atoms with E-state index < -0.39 is 0 Å². The molecule has 92 valence electrons. The molecule has 4 nitrogen and oxygen atoms in total. The van der Waals surface area contributed by atoms with E-state index in [1.165, 1.54) is 5.69 Å². The predicted molar refractivity (Wildman–Crippen MR) is 64.3 cm³/mol. The van der Waals surface area contributed by atoms with E-state index in [1.807, 2.05) is 0 Å². The highest BCUT2D eigenvalue weighted by Gasteiger charge is 1.97. The molecule has 1 rings (SSSR count). The summed E-state index contributed by atoms with van der Waals surface area (Å²) < 4.78 is 7.40. The summed E-state index contributed by atoms with van der Waals surface area (Å²) in [6.07, 6.45) is 3.08. The van der Waals surface area contributed by atoms with Crippen LogP contribution < -0.4 is 5.32 Å². The molecule has 0 aliphatic rings. The molecule has 0 saturated heterocycles. The van der Waals surface area contributed by atoms with Gasteiger partial charge in [-0.1, -0.05) is 0 Å². The summed E-state index contributed by atoms with van der Waals surface area (Å²) >= 11 is 0. The zero-order chi connectivity index (χ0) is 11.6. The second-order valence-corrected chi connectivity index (χ2v) is 3.65. The number of hydrogen-bond acceptors (Lipinski definition) is 3. The molecular weight excluding hydrogens is 204 g/mol. The van der Waals surface area contributed by atoms with Crippen LogP contribution in [0.3, 0.4) is 0 Å². The fourth-order valence-electron chi connectivity index (χ4n) is 1.60. The smallest absolute Gasteiger partial charge is 0.0697 e. The van der Waals surface area contributed by atoms with Gasteiger partial charge in [0.1, 0.15) is 0 Å². The first kappa shape index (κ1) is 13.2. The third kappa shape index (κ3) is 4.79. The SMILES string of the molecule is CCn1cccc1CNCCCOCCO. The molecule has 0 unspecified atom stereocenters. The maximum absolute atomic E-state index is 8.51. The summed E-state index contributed by atoms with van der Waals surface area (Å²) in [4.78, 5) is 0. The molecule has 0 bridgehead atoms. The highest BCUT2D eigenvalue weighted by atomic mass is 16.5. The number of rotatable bonds is 9. The van der Waals surface area contributed by atoms with Crippen LogP contribution in [0.4, 0.5) is 0 Å². The lowest BCUT2D eigenvalue weighted by Crippen LogP contribution is -2.18. The van der Waals surface area contributed by atoms with Crippen LogP contribution in [0.15, 0.2) is 18.3 Å². The number of aryl methyl sites for hydroxylation is 1. The number of nitrogens with one attached hydrogen (secondary N) is 1. The second-order valence-electron chi connectivity index (χ2n) is 3.65. The minimum atomic E-state index is 0.109. The third-order valence-corrected chi connectivity index (χ3v) is 2.45. The molecule has 0 radical (unpaired) electrons. The van der Waals surface area contributed by atoms with E-state index in [9.17, 15) is 0 Å². The van der Waals surface area contributed by atoms with Crippen LogP contribution >= 0.6 is 0 Å². The Labute approximate surface area is 97.2 Å². The van der Waals surface area contributed by atoms with Crippen molar-refractivity contribution in [2.75, 3.05) is 26.4 Å². The molecule has 0 saturated carbocycles. The van der Waals surface area contributed by atoms with Crippen LogP contribution in [0, 0.1) is 0 Å². The van der Waals surface area contributed by atoms with Crippen LogP contribution in [-0.2, 0) is 17.8 Å². The zero-order valence-corrected chi connectivity index (χ0v) is 9.98. The minimum Gasteiger partial charge on any atom is -0.394 e. The van der Waals surface area contributed by atoms with Crippen molar-refractivity contribution in [1.29, 1.82) is 0 Å². The van der Waals surface area contributed by atoms with E-state index in [2.05, 4.69) is 35.1 Å². The normalized spacial score (nSPS) is 10.9. The summed E-state index contributed by atoms with van der Waals surface area (Å²) in [6, 6.07) is 4.21. The lowest BCUT2D eigenvalue weighted by atomic mass is 10.4. The fraction of sp³-hybridized carbons (Fsp3) is 0.667. The van der Waals surface area contributed by atoms with E-state index in [0.29, 0.717) is 13.2 Å². The maximum Gasteiger partial charge on any atom is 0.0697 e. The summed E-state index contributed by atoms with van der Waals surface area (Å²) in [5.74, 6) is 0. The lowest BCUT2D eigenvalue weighted by Gasteiger charge is -2.08. The Kier molecular flexibility index (Phi) is 6.88. The molecule has 0 spiro atoms. The van der Waals surface area contributed by atoms with Gasteiger partial charge in [-0.05, 0) is 32.0 Å². The number of aliphatic hydroxyl groups excluding tert-OH is 1. The van der Waals surface area contributed by atoms with Crippen molar-refractivity contribution in [3.63, 3.8) is 0 Å². The van der Waals surface area contributed by atoms with Gasteiger partial charge in [-0.2, -0.15) is 0 Å². The average molecular weight is 226 g/mol. The highest BCUT2D eigenvalue weighted by molar-refractivity contribution is 5.06. The number of nitrogens with zero attached hydrogens (tertiary/aromatic N) is 1. The Morgan fingerprint density at radius 2 is 2.31 bits per heavy atom. The summed E-state index contributed by atoms with van der Waals surface area (Å²) in [5, 5.41) is 11.9. The number of aliphatic hydroxyl groups is 1. The molecule has 0 aliphatic carbocycles. The Balaban J connectivity index is 2.03. The standard InChI is InChI=1S/C12H22N2O2/c1-2-14-7-3-5-12(14)11-13-6-4-9-16-10-8-15/h3,5,7,13,15H,2,4,6,8-11H2,1H3. The molecule has 1 aromatic rings. The van der Waals surface area contributed by atoms with E-state index in [4.69, 9.17) is 9.84 Å². The zero-order valence-electron chi connectivity index (χ0n) is 9.98. The molecule has 0 fully saturated rings. The van der Waals surface area contributed by atoms with Crippen molar-refractivity contribution < 1.29 is 9.84 Å². The summed E-state index contributed by atoms with van der Waals surface area (Å²) in [6.45, 7) is 6.27. The van der Waals surface area contributed by atoms with Crippen LogP contribution in [-0.4, -0.2) is 36.0 Å². The van der Waals surface area contributed by atoms with Crippen LogP contribution in [0.25, 0.3) is 0 Å². The Morgan fingerprint density at radius 3 is 3.06 bits per heavy atom. The lowest BCUT2D eigenvalue weighted by molar-refractivity contribution is 0.0907. The molecular formula is C12H22N2O2. The molecule has 1 heterocycles. The predicted octanol–water partition coefficient (Wildman–Crippen LogP) is 0.997. The second kappa shape index (κ2) is 8.33. The largest absolute Gasteiger partial charge is 0.394 e. The number of ether oxygens (including phenoxy) is 1. The quantitative estimate of drug-likeness (QED) is 0.617. The number of aromatic nitrogens is 1. The first-order valence-electron chi connectivity index (χ1n) is 5.91. The molecule has 4 heteroatoms. The topological polar surface area (TPSA) is 46.4 Å². The van der Waals surface area contributed by atoms with Gasteiger partial charge >= 0.3 is 0 Å². The minimum absolute atomic E-state index is 0.109. The van der Waals surface area contributed by atoms with Crippen molar-refractivity contribution in [3.8, 4) is 0 Å². The maximum atomic E-state index is 8.51. The Bertz CT molecular complexity index is 274. The van der Waals surface area contributed by atoms with E-state index in [1.54, 1.807) is 0 Å². The van der Waals surface area contributed by atoms with Gasteiger partial charge in [-0.25, -0.2) is 0 Å². The van der Waals surface area contributed by atoms with Gasteiger partial charge < -0.3 is 19.7 Å². The van der Waals surface area contributed by atoms with Crippen molar-refractivity contribution in [2.24, 2.45) is 0 Å². The van der Waals surface area contributed by atoms with Gasteiger partial charge in [0.05, 0.1) is 13.2 Å². The molecule has 2 N–H and O–H groups in total. The number of hydrogen-bond donors (Lipinski definition) is 2. The van der Waals surface area contributed by atoms with E-state index >= 15 is 0 Å². The van der Waals surface area contributed by atoms with Crippen LogP contribution in [0.1, 0.15) is 19.0 Å². The first-order chi connectivity index (χ1) is 7.88. The van der Waals surface area contributed by atoms with Crippen molar-refractivity contribution in [3.05, 3.63) is 24.0 Å². The molecule has 0 atom stereocenters. The van der Waals surface area contributed by atoms with Gasteiger partial charge in [0.15, 0.2) is 0 Å². The molecule has 1 aromatic heterocycles. The Morgan fingerprint density at radius 1 is 1.44 bits per heavy atom. The van der Waals surface area contributed by atoms with Gasteiger partial charge in [0.25, 0.3) is 0 Å². The van der Waals surface area contributed by atoms with Gasteiger partial charge in [-0.3, -0.25) is 0 Å². The molecule has 16 heavy (non-hydrogen) atoms. The van der Waals surface area contributed by atoms with Crippen molar-refractivity contribution >= 4 is 0 Å². The third-order valence-electron chi connectivity index (χ3n) is 2.45. The Hall–Kier alpha value is -0.840. The molecule has 0 aliphatic heterocycles. The monoisotopic (exact) mass is 226 g/mol. The van der Waals surface area contributed by atoms with Gasteiger partial charge in [-0.15, -0.1) is 0 Å². The average Bonchev–Trinajstić information content (AvgIpc) is 2.75. The van der Waals surface area contributed by atoms with Gasteiger partial charge in [0, 0.05) is 31.6 Å². The van der Waals surface area contributed by atoms with E-state index in [-0.39, 0.29) is 6.61 Å². The first-order valence-corrected chi connectivity index (χ1v) is 5.91. The highest BCUT2D eigenvalue weighted by Crippen LogP contribution is 2.01. The summed E-state index contributed by atoms with van der Waals surface area (Å²) in [5.41, 5.74) is 1.32. The van der Waals surface area contributed by atoms with Crippen molar-refractivity contribution in [2.45, 2.75) is 26.4 Å².